The number of hydrogen-bond acceptors (Lipinski definition) is 2. The fraction of sp³-hybridized carbons (Fsp3) is 0.250. The Balaban J connectivity index is 2.52. The normalized spacial score (nSPS) is 11.2. The van der Waals surface area contributed by atoms with Crippen molar-refractivity contribution in [3.8, 4) is 0 Å². The molecule has 86 valence electrons. The van der Waals surface area contributed by atoms with Crippen molar-refractivity contribution in [2.24, 2.45) is 0 Å². The molecule has 0 aliphatic rings. The Labute approximate surface area is 99.7 Å². The molecule has 4 heteroatoms. The molecule has 0 bridgehead atoms. The van der Waals surface area contributed by atoms with E-state index in [9.17, 15) is 4.79 Å². The van der Waals surface area contributed by atoms with E-state index in [1.807, 2.05) is 19.1 Å². The van der Waals surface area contributed by atoms with Gasteiger partial charge in [0.2, 0.25) is 0 Å². The van der Waals surface area contributed by atoms with Crippen molar-refractivity contribution in [1.29, 1.82) is 0 Å². The zero-order chi connectivity index (χ0) is 12.0. The maximum Gasteiger partial charge on any atom is 0.331 e. The van der Waals surface area contributed by atoms with Gasteiger partial charge in [0.25, 0.3) is 0 Å². The molecule has 0 saturated heterocycles. The van der Waals surface area contributed by atoms with Gasteiger partial charge in [0.15, 0.2) is 0 Å². The van der Waals surface area contributed by atoms with Crippen LogP contribution < -0.4 is 5.32 Å². The van der Waals surface area contributed by atoms with Gasteiger partial charge in [-0.15, -0.1) is 0 Å². The van der Waals surface area contributed by atoms with Crippen LogP contribution in [-0.4, -0.2) is 17.6 Å². The molecule has 1 aromatic rings. The van der Waals surface area contributed by atoms with Gasteiger partial charge >= 0.3 is 5.97 Å². The van der Waals surface area contributed by atoms with Crippen molar-refractivity contribution in [3.05, 3.63) is 40.9 Å². The van der Waals surface area contributed by atoms with E-state index in [4.69, 9.17) is 16.7 Å². The number of carboxylic acid groups (broad SMARTS) is 1. The van der Waals surface area contributed by atoms with Crippen molar-refractivity contribution in [2.75, 3.05) is 11.9 Å². The van der Waals surface area contributed by atoms with E-state index in [0.29, 0.717) is 23.6 Å². The highest BCUT2D eigenvalue weighted by Gasteiger charge is 2.02. The van der Waals surface area contributed by atoms with Gasteiger partial charge in [-0.2, -0.15) is 0 Å². The third kappa shape index (κ3) is 3.95. The summed E-state index contributed by atoms with van der Waals surface area (Å²) in [5, 5.41) is 12.6. The van der Waals surface area contributed by atoms with Crippen LogP contribution in [0.25, 0.3) is 0 Å². The Morgan fingerprint density at radius 1 is 1.44 bits per heavy atom. The number of aliphatic carboxylic acids is 1. The molecule has 1 aromatic carbocycles. The minimum absolute atomic E-state index is 0.418. The van der Waals surface area contributed by atoms with Gasteiger partial charge in [0.1, 0.15) is 0 Å². The maximum atomic E-state index is 10.7. The molecule has 0 aromatic heterocycles. The topological polar surface area (TPSA) is 49.3 Å². The lowest BCUT2D eigenvalue weighted by molar-refractivity contribution is -0.132. The molecule has 0 spiro atoms. The predicted octanol–water partition coefficient (Wildman–Crippen LogP) is 3.17. The fourth-order valence-corrected chi connectivity index (χ4v) is 1.37. The highest BCUT2D eigenvalue weighted by molar-refractivity contribution is 6.30. The standard InChI is InChI=1S/C12H14ClNO2/c1-2-9(12(15)16)7-8-14-11-5-3-10(13)4-6-11/h3-7,14H,2,8H2,1H3,(H,15,16)/b9-7-. The number of anilines is 1. The summed E-state index contributed by atoms with van der Waals surface area (Å²) in [6.45, 7) is 2.32. The van der Waals surface area contributed by atoms with E-state index in [2.05, 4.69) is 5.32 Å². The molecule has 0 fully saturated rings. The van der Waals surface area contributed by atoms with Gasteiger partial charge < -0.3 is 10.4 Å². The number of halogens is 1. The zero-order valence-electron chi connectivity index (χ0n) is 9.03. The monoisotopic (exact) mass is 239 g/mol. The Bertz CT molecular complexity index is 385. The number of nitrogens with one attached hydrogen (secondary N) is 1. The lowest BCUT2D eigenvalue weighted by Gasteiger charge is -2.04. The molecular formula is C12H14ClNO2. The predicted molar refractivity (Wildman–Crippen MR) is 66.0 cm³/mol. The molecule has 0 amide bonds. The molecule has 2 N–H and O–H groups in total. The van der Waals surface area contributed by atoms with E-state index < -0.39 is 5.97 Å². The van der Waals surface area contributed by atoms with Gasteiger partial charge in [0.05, 0.1) is 0 Å². The van der Waals surface area contributed by atoms with Crippen LogP contribution in [0.15, 0.2) is 35.9 Å². The Morgan fingerprint density at radius 3 is 2.56 bits per heavy atom. The van der Waals surface area contributed by atoms with Crippen molar-refractivity contribution >= 4 is 23.3 Å². The first-order chi connectivity index (χ1) is 7.63. The summed E-state index contributed by atoms with van der Waals surface area (Å²) in [5.74, 6) is -0.861. The highest BCUT2D eigenvalue weighted by Crippen LogP contribution is 2.13. The van der Waals surface area contributed by atoms with Crippen LogP contribution in [0.3, 0.4) is 0 Å². The molecule has 16 heavy (non-hydrogen) atoms. The minimum atomic E-state index is -0.861. The van der Waals surface area contributed by atoms with Crippen LogP contribution in [0.4, 0.5) is 5.69 Å². The van der Waals surface area contributed by atoms with E-state index in [1.165, 1.54) is 0 Å². The van der Waals surface area contributed by atoms with Crippen molar-refractivity contribution in [3.63, 3.8) is 0 Å². The summed E-state index contributed by atoms with van der Waals surface area (Å²) in [7, 11) is 0. The van der Waals surface area contributed by atoms with E-state index in [-0.39, 0.29) is 0 Å². The molecule has 3 nitrogen and oxygen atoms in total. The molecule has 0 saturated carbocycles. The molecule has 0 atom stereocenters. The van der Waals surface area contributed by atoms with E-state index in [1.54, 1.807) is 18.2 Å². The highest BCUT2D eigenvalue weighted by atomic mass is 35.5. The zero-order valence-corrected chi connectivity index (χ0v) is 9.79. The smallest absolute Gasteiger partial charge is 0.331 e. The summed E-state index contributed by atoms with van der Waals surface area (Å²) in [5.41, 5.74) is 1.34. The van der Waals surface area contributed by atoms with Crippen LogP contribution >= 0.6 is 11.6 Å². The van der Waals surface area contributed by atoms with E-state index >= 15 is 0 Å². The number of carbonyl (C=O) groups is 1. The van der Waals surface area contributed by atoms with Crippen LogP contribution in [0.5, 0.6) is 0 Å². The second-order valence-corrected chi connectivity index (χ2v) is 3.71. The Morgan fingerprint density at radius 2 is 2.06 bits per heavy atom. The van der Waals surface area contributed by atoms with Gasteiger partial charge in [-0.1, -0.05) is 24.6 Å². The number of benzene rings is 1. The van der Waals surface area contributed by atoms with Crippen molar-refractivity contribution in [2.45, 2.75) is 13.3 Å². The van der Waals surface area contributed by atoms with Crippen LogP contribution in [-0.2, 0) is 4.79 Å². The molecule has 0 heterocycles. The number of rotatable bonds is 5. The first kappa shape index (κ1) is 12.6. The first-order valence-corrected chi connectivity index (χ1v) is 5.43. The number of hydrogen-bond donors (Lipinski definition) is 2. The van der Waals surface area contributed by atoms with Gasteiger partial charge in [-0.25, -0.2) is 4.79 Å². The van der Waals surface area contributed by atoms with Crippen LogP contribution in [0.1, 0.15) is 13.3 Å². The molecule has 0 aliphatic heterocycles. The minimum Gasteiger partial charge on any atom is -0.478 e. The average Bonchev–Trinajstić information content (AvgIpc) is 2.26. The SMILES string of the molecule is CC/C(=C/CNc1ccc(Cl)cc1)C(=O)O. The average molecular weight is 240 g/mol. The molecule has 0 aliphatic carbocycles. The van der Waals surface area contributed by atoms with Gasteiger partial charge in [0, 0.05) is 22.8 Å². The van der Waals surface area contributed by atoms with Crippen molar-refractivity contribution < 1.29 is 9.90 Å². The second kappa shape index (κ2) is 6.18. The fourth-order valence-electron chi connectivity index (χ4n) is 1.24. The summed E-state index contributed by atoms with van der Waals surface area (Å²) in [6.07, 6.45) is 2.20. The lowest BCUT2D eigenvalue weighted by atomic mass is 10.2. The molecule has 0 radical (unpaired) electrons. The van der Waals surface area contributed by atoms with Crippen LogP contribution in [0.2, 0.25) is 5.02 Å². The van der Waals surface area contributed by atoms with Crippen LogP contribution in [0, 0.1) is 0 Å². The van der Waals surface area contributed by atoms with Crippen molar-refractivity contribution in [1.82, 2.24) is 0 Å². The summed E-state index contributed by atoms with van der Waals surface area (Å²) in [4.78, 5) is 10.7. The largest absolute Gasteiger partial charge is 0.478 e. The van der Waals surface area contributed by atoms with Gasteiger partial charge in [-0.3, -0.25) is 0 Å². The summed E-state index contributed by atoms with van der Waals surface area (Å²) >= 11 is 5.74. The molecule has 1 rings (SSSR count). The van der Waals surface area contributed by atoms with E-state index in [0.717, 1.165) is 5.69 Å². The Hall–Kier alpha value is -1.48. The third-order valence-corrected chi connectivity index (χ3v) is 2.41. The lowest BCUT2D eigenvalue weighted by Crippen LogP contribution is -2.04. The summed E-state index contributed by atoms with van der Waals surface area (Å²) in [6, 6.07) is 7.27. The quantitative estimate of drug-likeness (QED) is 0.776. The second-order valence-electron chi connectivity index (χ2n) is 3.28. The van der Waals surface area contributed by atoms with Gasteiger partial charge in [-0.05, 0) is 30.7 Å². The Kier molecular flexibility index (Phi) is 4.86. The molecule has 0 unspecified atom stereocenters. The number of carboxylic acids is 1. The molecular weight excluding hydrogens is 226 g/mol. The third-order valence-electron chi connectivity index (χ3n) is 2.15. The maximum absolute atomic E-state index is 10.7. The summed E-state index contributed by atoms with van der Waals surface area (Å²) < 4.78 is 0. The first-order valence-electron chi connectivity index (χ1n) is 5.05.